The number of benzene rings is 1. The van der Waals surface area contributed by atoms with Crippen molar-refractivity contribution < 1.29 is 9.47 Å². The van der Waals surface area contributed by atoms with Crippen molar-refractivity contribution in [2.24, 2.45) is 0 Å². The van der Waals surface area contributed by atoms with E-state index in [9.17, 15) is 0 Å². The van der Waals surface area contributed by atoms with Crippen molar-refractivity contribution in [1.82, 2.24) is 19.7 Å². The molecule has 0 aliphatic carbocycles. The molecule has 0 bridgehead atoms. The third-order valence-electron chi connectivity index (χ3n) is 3.44. The zero-order chi connectivity index (χ0) is 14.2. The van der Waals surface area contributed by atoms with E-state index in [1.54, 1.807) is 17.2 Å². The summed E-state index contributed by atoms with van der Waals surface area (Å²) in [5.74, 6) is 2.35. The quantitative estimate of drug-likeness (QED) is 0.721. The molecule has 6 heteroatoms. The summed E-state index contributed by atoms with van der Waals surface area (Å²) in [4.78, 5) is 4.60. The molecular weight excluding hydrogens is 268 g/mol. The van der Waals surface area contributed by atoms with Gasteiger partial charge in [-0.3, -0.25) is 4.57 Å². The first-order chi connectivity index (χ1) is 10.3. The summed E-state index contributed by atoms with van der Waals surface area (Å²) >= 11 is 0. The zero-order valence-electron chi connectivity index (χ0n) is 11.4. The van der Waals surface area contributed by atoms with Gasteiger partial charge in [0.25, 0.3) is 0 Å². The third kappa shape index (κ3) is 2.01. The van der Waals surface area contributed by atoms with Crippen LogP contribution in [0.15, 0.2) is 43.0 Å². The molecule has 1 aliphatic heterocycles. The van der Waals surface area contributed by atoms with E-state index in [0.717, 1.165) is 34.1 Å². The van der Waals surface area contributed by atoms with E-state index in [-0.39, 0.29) is 6.79 Å². The molecule has 3 aromatic rings. The van der Waals surface area contributed by atoms with Crippen LogP contribution in [0.5, 0.6) is 11.5 Å². The van der Waals surface area contributed by atoms with Crippen molar-refractivity contribution in [2.75, 3.05) is 6.79 Å². The van der Waals surface area contributed by atoms with Gasteiger partial charge in [0.05, 0.1) is 0 Å². The first kappa shape index (κ1) is 11.9. The fourth-order valence-electron chi connectivity index (χ4n) is 2.38. The molecule has 0 saturated carbocycles. The van der Waals surface area contributed by atoms with Gasteiger partial charge in [-0.25, -0.2) is 4.98 Å². The highest BCUT2D eigenvalue weighted by molar-refractivity contribution is 5.69. The van der Waals surface area contributed by atoms with Gasteiger partial charge in [-0.2, -0.15) is 0 Å². The number of hydrogen-bond donors (Lipinski definition) is 0. The number of pyridine rings is 1. The van der Waals surface area contributed by atoms with E-state index < -0.39 is 0 Å². The Hall–Kier alpha value is -2.89. The monoisotopic (exact) mass is 280 g/mol. The van der Waals surface area contributed by atoms with Gasteiger partial charge in [0.1, 0.15) is 18.5 Å². The third-order valence-corrected chi connectivity index (χ3v) is 3.44. The molecule has 4 rings (SSSR count). The lowest BCUT2D eigenvalue weighted by Crippen LogP contribution is -1.97. The predicted octanol–water partition coefficient (Wildman–Crippen LogP) is 2.37. The summed E-state index contributed by atoms with van der Waals surface area (Å²) in [7, 11) is 0. The summed E-state index contributed by atoms with van der Waals surface area (Å²) in [5, 5.41) is 7.58. The molecule has 3 heterocycles. The second kappa shape index (κ2) is 4.59. The maximum atomic E-state index is 5.42. The molecule has 104 valence electrons. The van der Waals surface area contributed by atoms with Crippen LogP contribution in [0.4, 0.5) is 0 Å². The van der Waals surface area contributed by atoms with Crippen LogP contribution in [0.25, 0.3) is 16.9 Å². The summed E-state index contributed by atoms with van der Waals surface area (Å²) < 4.78 is 12.5. The van der Waals surface area contributed by atoms with Crippen molar-refractivity contribution >= 4 is 0 Å². The predicted molar refractivity (Wildman–Crippen MR) is 75.5 cm³/mol. The van der Waals surface area contributed by atoms with Gasteiger partial charge in [-0.05, 0) is 36.8 Å². The molecule has 0 unspecified atom stereocenters. The smallest absolute Gasteiger partial charge is 0.231 e. The van der Waals surface area contributed by atoms with Crippen LogP contribution in [0.3, 0.4) is 0 Å². The molecule has 0 amide bonds. The number of hydrogen-bond acceptors (Lipinski definition) is 5. The van der Waals surface area contributed by atoms with E-state index >= 15 is 0 Å². The van der Waals surface area contributed by atoms with Gasteiger partial charge in [-0.15, -0.1) is 10.2 Å². The lowest BCUT2D eigenvalue weighted by molar-refractivity contribution is 0.174. The molecule has 1 aliphatic rings. The Morgan fingerprint density at radius 2 is 1.81 bits per heavy atom. The molecule has 2 aromatic heterocycles. The largest absolute Gasteiger partial charge is 0.454 e. The van der Waals surface area contributed by atoms with Crippen molar-refractivity contribution in [2.45, 2.75) is 6.92 Å². The average Bonchev–Trinajstić information content (AvgIpc) is 3.18. The minimum absolute atomic E-state index is 0.280. The van der Waals surface area contributed by atoms with Gasteiger partial charge in [0.2, 0.25) is 6.79 Å². The highest BCUT2D eigenvalue weighted by atomic mass is 16.7. The van der Waals surface area contributed by atoms with Crippen molar-refractivity contribution in [1.29, 1.82) is 0 Å². The molecule has 0 spiro atoms. The van der Waals surface area contributed by atoms with Crippen LogP contribution in [0.1, 0.15) is 5.69 Å². The van der Waals surface area contributed by atoms with Gasteiger partial charge in [0, 0.05) is 11.3 Å². The van der Waals surface area contributed by atoms with Crippen LogP contribution in [-0.2, 0) is 0 Å². The van der Waals surface area contributed by atoms with Crippen LogP contribution in [0.2, 0.25) is 0 Å². The van der Waals surface area contributed by atoms with E-state index in [0.29, 0.717) is 0 Å². The number of aromatic nitrogens is 4. The Bertz CT molecular complexity index is 799. The highest BCUT2D eigenvalue weighted by Crippen LogP contribution is 2.36. The van der Waals surface area contributed by atoms with Crippen LogP contribution in [0, 0.1) is 6.92 Å². The summed E-state index contributed by atoms with van der Waals surface area (Å²) in [6.45, 7) is 2.26. The number of rotatable bonds is 2. The first-order valence-electron chi connectivity index (χ1n) is 6.54. The molecule has 0 saturated heterocycles. The zero-order valence-corrected chi connectivity index (χ0v) is 11.4. The Labute approximate surface area is 121 Å². The summed E-state index contributed by atoms with van der Waals surface area (Å²) in [6, 6.07) is 9.89. The molecule has 1 aromatic carbocycles. The molecule has 0 N–H and O–H groups in total. The van der Waals surface area contributed by atoms with Crippen molar-refractivity contribution in [3.05, 3.63) is 48.7 Å². The van der Waals surface area contributed by atoms with Gasteiger partial charge < -0.3 is 9.47 Å². The van der Waals surface area contributed by atoms with Crippen LogP contribution in [-0.4, -0.2) is 26.5 Å². The fraction of sp³-hybridized carbons (Fsp3) is 0.133. The fourth-order valence-corrected chi connectivity index (χ4v) is 2.38. The normalized spacial score (nSPS) is 12.6. The van der Waals surface area contributed by atoms with Gasteiger partial charge >= 0.3 is 0 Å². The number of ether oxygens (including phenoxy) is 2. The van der Waals surface area contributed by atoms with Gasteiger partial charge in [0.15, 0.2) is 11.5 Å². The molecular formula is C15H12N4O2. The standard InChI is InChI=1S/C15H12N4O2/c1-10-12(3-5-15(18-10)19-7-16-17-8-19)11-2-4-13-14(6-11)21-9-20-13/h2-8H,9H2,1H3. The molecule has 6 nitrogen and oxygen atoms in total. The number of nitrogens with zero attached hydrogens (tertiary/aromatic N) is 4. The molecule has 21 heavy (non-hydrogen) atoms. The highest BCUT2D eigenvalue weighted by Gasteiger charge is 2.15. The van der Waals surface area contributed by atoms with E-state index in [4.69, 9.17) is 9.47 Å². The molecule has 0 fully saturated rings. The Morgan fingerprint density at radius 1 is 1.00 bits per heavy atom. The van der Waals surface area contributed by atoms with Crippen molar-refractivity contribution in [3.8, 4) is 28.4 Å². The number of fused-ring (bicyclic) bond motifs is 1. The number of aryl methyl sites for hydroxylation is 1. The molecule has 0 atom stereocenters. The topological polar surface area (TPSA) is 62.1 Å². The van der Waals surface area contributed by atoms with Crippen LogP contribution >= 0.6 is 0 Å². The second-order valence-electron chi connectivity index (χ2n) is 4.74. The van der Waals surface area contributed by atoms with Crippen molar-refractivity contribution in [3.63, 3.8) is 0 Å². The van der Waals surface area contributed by atoms with Crippen LogP contribution < -0.4 is 9.47 Å². The lowest BCUT2D eigenvalue weighted by atomic mass is 10.0. The minimum Gasteiger partial charge on any atom is -0.454 e. The van der Waals surface area contributed by atoms with E-state index in [2.05, 4.69) is 15.2 Å². The van der Waals surface area contributed by atoms with E-state index in [1.165, 1.54) is 0 Å². The minimum atomic E-state index is 0.280. The Kier molecular flexibility index (Phi) is 2.60. The first-order valence-corrected chi connectivity index (χ1v) is 6.54. The molecule has 0 radical (unpaired) electrons. The lowest BCUT2D eigenvalue weighted by Gasteiger charge is -2.08. The second-order valence-corrected chi connectivity index (χ2v) is 4.74. The van der Waals surface area contributed by atoms with Gasteiger partial charge in [-0.1, -0.05) is 6.07 Å². The summed E-state index contributed by atoms with van der Waals surface area (Å²) in [5.41, 5.74) is 3.05. The maximum absolute atomic E-state index is 5.42. The summed E-state index contributed by atoms with van der Waals surface area (Å²) in [6.07, 6.45) is 3.25. The maximum Gasteiger partial charge on any atom is 0.231 e. The Morgan fingerprint density at radius 3 is 2.62 bits per heavy atom. The Balaban J connectivity index is 1.76. The SMILES string of the molecule is Cc1nc(-n2cnnc2)ccc1-c1ccc2c(c1)OCO2. The van der Waals surface area contributed by atoms with E-state index in [1.807, 2.05) is 37.3 Å². The average molecular weight is 280 g/mol.